The molecule has 128 valence electrons. The van der Waals surface area contributed by atoms with E-state index < -0.39 is 0 Å². The summed E-state index contributed by atoms with van der Waals surface area (Å²) >= 11 is 6.36. The number of hydrogen-bond donors (Lipinski definition) is 0. The van der Waals surface area contributed by atoms with Crippen LogP contribution in [-0.2, 0) is 6.54 Å². The highest BCUT2D eigenvalue weighted by Crippen LogP contribution is 2.36. The maximum Gasteiger partial charge on any atom is 0.254 e. The molecule has 1 aromatic heterocycles. The highest BCUT2D eigenvalue weighted by molar-refractivity contribution is 6.31. The van der Waals surface area contributed by atoms with Gasteiger partial charge in [0.1, 0.15) is 5.52 Å². The number of benzene rings is 2. The number of rotatable bonds is 3. The molecular formula is C19H19ClN4O. The maximum absolute atomic E-state index is 13.1. The van der Waals surface area contributed by atoms with Gasteiger partial charge in [-0.1, -0.05) is 35.0 Å². The Bertz CT molecular complexity index is 936. The molecule has 3 aromatic rings. The van der Waals surface area contributed by atoms with E-state index in [1.165, 1.54) is 0 Å². The summed E-state index contributed by atoms with van der Waals surface area (Å²) < 4.78 is 1.83. The van der Waals surface area contributed by atoms with Crippen molar-refractivity contribution in [1.82, 2.24) is 19.9 Å². The number of amides is 1. The standard InChI is InChI=1S/C19H19ClN4O/c1-2-24-18-10-9-13(12-16(18)21-22-24)19(25)23-11-5-8-17(23)14-6-3-4-7-15(14)20/h3-4,6-7,9-10,12,17H,2,5,8,11H2,1H3. The zero-order valence-corrected chi connectivity index (χ0v) is 14.8. The molecule has 0 radical (unpaired) electrons. The van der Waals surface area contributed by atoms with E-state index in [2.05, 4.69) is 10.3 Å². The fourth-order valence-corrected chi connectivity index (χ4v) is 3.84. The van der Waals surface area contributed by atoms with E-state index in [9.17, 15) is 4.79 Å². The first-order valence-electron chi connectivity index (χ1n) is 8.57. The average molecular weight is 355 g/mol. The zero-order chi connectivity index (χ0) is 17.4. The summed E-state index contributed by atoms with van der Waals surface area (Å²) in [4.78, 5) is 15.0. The second kappa shape index (κ2) is 6.48. The SMILES string of the molecule is CCn1nnc2cc(C(=O)N3CCCC3c3ccccc3Cl)ccc21. The Balaban J connectivity index is 1.67. The topological polar surface area (TPSA) is 51.0 Å². The number of carbonyl (C=O) groups excluding carboxylic acids is 1. The summed E-state index contributed by atoms with van der Waals surface area (Å²) in [6.07, 6.45) is 1.92. The molecule has 1 amide bonds. The fraction of sp³-hybridized carbons (Fsp3) is 0.316. The molecule has 25 heavy (non-hydrogen) atoms. The van der Waals surface area contributed by atoms with E-state index >= 15 is 0 Å². The monoisotopic (exact) mass is 354 g/mol. The normalized spacial score (nSPS) is 17.4. The first-order valence-corrected chi connectivity index (χ1v) is 8.95. The Morgan fingerprint density at radius 2 is 2.12 bits per heavy atom. The number of aromatic nitrogens is 3. The quantitative estimate of drug-likeness (QED) is 0.712. The lowest BCUT2D eigenvalue weighted by molar-refractivity contribution is 0.0736. The van der Waals surface area contributed by atoms with Crippen molar-refractivity contribution in [2.45, 2.75) is 32.4 Å². The lowest BCUT2D eigenvalue weighted by Gasteiger charge is -2.26. The van der Waals surface area contributed by atoms with Gasteiger partial charge in [0.05, 0.1) is 11.6 Å². The molecule has 2 aromatic carbocycles. The third kappa shape index (κ3) is 2.78. The Hall–Kier alpha value is -2.40. The van der Waals surface area contributed by atoms with Crippen molar-refractivity contribution in [3.05, 3.63) is 58.6 Å². The summed E-state index contributed by atoms with van der Waals surface area (Å²) in [5, 5.41) is 9.00. The third-order valence-electron chi connectivity index (χ3n) is 4.84. The lowest BCUT2D eigenvalue weighted by atomic mass is 10.0. The van der Waals surface area contributed by atoms with Gasteiger partial charge in [0, 0.05) is 23.7 Å². The summed E-state index contributed by atoms with van der Waals surface area (Å²) in [5.74, 6) is 0.0235. The summed E-state index contributed by atoms with van der Waals surface area (Å²) in [6, 6.07) is 13.4. The Morgan fingerprint density at radius 1 is 1.28 bits per heavy atom. The van der Waals surface area contributed by atoms with Gasteiger partial charge in [0.15, 0.2) is 0 Å². The van der Waals surface area contributed by atoms with Gasteiger partial charge in [-0.25, -0.2) is 4.68 Å². The van der Waals surface area contributed by atoms with Crippen molar-refractivity contribution in [1.29, 1.82) is 0 Å². The van der Waals surface area contributed by atoms with Gasteiger partial charge in [-0.05, 0) is 49.6 Å². The Kier molecular flexibility index (Phi) is 4.17. The zero-order valence-electron chi connectivity index (χ0n) is 14.0. The van der Waals surface area contributed by atoms with Crippen LogP contribution in [0, 0.1) is 0 Å². The van der Waals surface area contributed by atoms with Crippen molar-refractivity contribution >= 4 is 28.5 Å². The molecule has 1 unspecified atom stereocenters. The van der Waals surface area contributed by atoms with Gasteiger partial charge in [-0.15, -0.1) is 5.10 Å². The van der Waals surface area contributed by atoms with Gasteiger partial charge >= 0.3 is 0 Å². The van der Waals surface area contributed by atoms with Gasteiger partial charge in [-0.3, -0.25) is 4.79 Å². The smallest absolute Gasteiger partial charge is 0.254 e. The molecule has 5 nitrogen and oxygen atoms in total. The molecule has 2 heterocycles. The van der Waals surface area contributed by atoms with Crippen molar-refractivity contribution in [3.8, 4) is 0 Å². The number of nitrogens with zero attached hydrogens (tertiary/aromatic N) is 4. The number of hydrogen-bond acceptors (Lipinski definition) is 3. The average Bonchev–Trinajstić information content (AvgIpc) is 3.27. The van der Waals surface area contributed by atoms with Gasteiger partial charge in [0.2, 0.25) is 0 Å². The van der Waals surface area contributed by atoms with Gasteiger partial charge < -0.3 is 4.90 Å². The molecule has 1 atom stereocenters. The summed E-state index contributed by atoms with van der Waals surface area (Å²) in [5.41, 5.74) is 3.37. The van der Waals surface area contributed by atoms with E-state index in [0.717, 1.165) is 42.5 Å². The van der Waals surface area contributed by atoms with Crippen LogP contribution in [0.3, 0.4) is 0 Å². The van der Waals surface area contributed by atoms with Crippen molar-refractivity contribution in [3.63, 3.8) is 0 Å². The highest BCUT2D eigenvalue weighted by atomic mass is 35.5. The predicted octanol–water partition coefficient (Wildman–Crippen LogP) is 4.08. The van der Waals surface area contributed by atoms with Crippen molar-refractivity contribution < 1.29 is 4.79 Å². The molecule has 0 N–H and O–H groups in total. The second-order valence-electron chi connectivity index (χ2n) is 6.29. The molecule has 6 heteroatoms. The second-order valence-corrected chi connectivity index (χ2v) is 6.69. The van der Waals surface area contributed by atoms with E-state index in [1.807, 2.05) is 59.0 Å². The van der Waals surface area contributed by atoms with Crippen LogP contribution in [0.5, 0.6) is 0 Å². The van der Waals surface area contributed by atoms with Crippen LogP contribution in [0.1, 0.15) is 41.7 Å². The minimum absolute atomic E-state index is 0.0235. The van der Waals surface area contributed by atoms with Gasteiger partial charge in [-0.2, -0.15) is 0 Å². The molecule has 1 aliphatic heterocycles. The van der Waals surface area contributed by atoms with Gasteiger partial charge in [0.25, 0.3) is 5.91 Å². The molecule has 1 aliphatic rings. The molecule has 0 aliphatic carbocycles. The first kappa shape index (κ1) is 16.1. The molecule has 4 rings (SSSR count). The predicted molar refractivity (Wildman–Crippen MR) is 97.7 cm³/mol. The minimum atomic E-state index is 0.0235. The van der Waals surface area contributed by atoms with Crippen LogP contribution in [0.4, 0.5) is 0 Å². The third-order valence-corrected chi connectivity index (χ3v) is 5.18. The largest absolute Gasteiger partial charge is 0.332 e. The number of halogens is 1. The fourth-order valence-electron chi connectivity index (χ4n) is 3.58. The van der Waals surface area contributed by atoms with Crippen LogP contribution in [0.2, 0.25) is 5.02 Å². The Labute approximate surface area is 151 Å². The molecule has 0 bridgehead atoms. The number of carbonyl (C=O) groups is 1. The van der Waals surface area contributed by atoms with Crippen molar-refractivity contribution in [2.75, 3.05) is 6.54 Å². The number of aryl methyl sites for hydroxylation is 1. The molecule has 1 saturated heterocycles. The number of likely N-dealkylation sites (tertiary alicyclic amines) is 1. The van der Waals surface area contributed by atoms with E-state index in [4.69, 9.17) is 11.6 Å². The highest BCUT2D eigenvalue weighted by Gasteiger charge is 2.31. The van der Waals surface area contributed by atoms with E-state index in [1.54, 1.807) is 0 Å². The Morgan fingerprint density at radius 3 is 2.92 bits per heavy atom. The van der Waals surface area contributed by atoms with Crippen LogP contribution >= 0.6 is 11.6 Å². The summed E-state index contributed by atoms with van der Waals surface area (Å²) in [6.45, 7) is 3.52. The number of fused-ring (bicyclic) bond motifs is 1. The first-order chi connectivity index (χ1) is 12.2. The lowest BCUT2D eigenvalue weighted by Crippen LogP contribution is -2.30. The molecular weight excluding hydrogens is 336 g/mol. The molecule has 0 spiro atoms. The minimum Gasteiger partial charge on any atom is -0.332 e. The molecule has 0 saturated carbocycles. The van der Waals surface area contributed by atoms with E-state index in [0.29, 0.717) is 10.6 Å². The van der Waals surface area contributed by atoms with Crippen molar-refractivity contribution in [2.24, 2.45) is 0 Å². The van der Waals surface area contributed by atoms with Crippen LogP contribution in [-0.4, -0.2) is 32.3 Å². The maximum atomic E-state index is 13.1. The van der Waals surface area contributed by atoms with Crippen LogP contribution in [0.15, 0.2) is 42.5 Å². The summed E-state index contributed by atoms with van der Waals surface area (Å²) in [7, 11) is 0. The molecule has 1 fully saturated rings. The van der Waals surface area contributed by atoms with Crippen LogP contribution in [0.25, 0.3) is 11.0 Å². The van der Waals surface area contributed by atoms with Crippen LogP contribution < -0.4 is 0 Å². The van der Waals surface area contributed by atoms with E-state index in [-0.39, 0.29) is 11.9 Å².